The lowest BCUT2D eigenvalue weighted by Gasteiger charge is -2.43. The van der Waals surface area contributed by atoms with Gasteiger partial charge in [-0.1, -0.05) is 24.3 Å². The average Bonchev–Trinajstić information content (AvgIpc) is 2.58. The minimum atomic E-state index is -0.520. The molecule has 1 aliphatic heterocycles. The minimum Gasteiger partial charge on any atom is -0.761 e. The van der Waals surface area contributed by atoms with Gasteiger partial charge in [-0.25, -0.2) is 0 Å². The molecule has 5 nitrogen and oxygen atoms in total. The van der Waals surface area contributed by atoms with E-state index in [1.807, 2.05) is 0 Å². The van der Waals surface area contributed by atoms with Gasteiger partial charge in [0.05, 0.1) is 37.3 Å². The van der Waals surface area contributed by atoms with Gasteiger partial charge < -0.3 is 28.6 Å². The van der Waals surface area contributed by atoms with Crippen LogP contribution >= 0.6 is 0 Å². The first-order valence-corrected chi connectivity index (χ1v) is 9.24. The van der Waals surface area contributed by atoms with Crippen molar-refractivity contribution < 1.29 is 4.90 Å². The largest absolute Gasteiger partial charge is 0.761 e. The fourth-order valence-electron chi connectivity index (χ4n) is 3.58. The molecule has 0 bridgehead atoms. The number of nitriles is 2. The molecule has 1 heterocycles. The molecule has 2 aliphatic rings. The number of rotatable bonds is 3. The van der Waals surface area contributed by atoms with Crippen molar-refractivity contribution >= 4 is 12.6 Å². The molecule has 0 aromatic carbocycles. The van der Waals surface area contributed by atoms with Crippen LogP contribution in [0.1, 0.15) is 52.9 Å². The average molecular weight is 348 g/mol. The molecule has 1 spiro atoms. The van der Waals surface area contributed by atoms with Crippen molar-refractivity contribution in [2.75, 3.05) is 19.6 Å². The molecule has 0 radical (unpaired) electrons. The van der Waals surface area contributed by atoms with E-state index in [-0.39, 0.29) is 0 Å². The molecule has 0 aromatic heterocycles. The maximum atomic E-state index is 9.29. The van der Waals surface area contributed by atoms with Crippen molar-refractivity contribution in [3.05, 3.63) is 22.0 Å². The van der Waals surface area contributed by atoms with Crippen LogP contribution in [0.3, 0.4) is 0 Å². The topological polar surface area (TPSA) is 90.1 Å². The second kappa shape index (κ2) is 9.52. The van der Waals surface area contributed by atoms with E-state index in [2.05, 4.69) is 38.2 Å². The summed E-state index contributed by atoms with van der Waals surface area (Å²) in [6, 6.07) is 4.33. The van der Waals surface area contributed by atoms with E-state index in [0.717, 1.165) is 32.1 Å². The van der Waals surface area contributed by atoms with E-state index in [4.69, 9.17) is 18.4 Å². The minimum absolute atomic E-state index is 0.318. The Labute approximate surface area is 151 Å². The number of quaternary nitrogens is 1. The van der Waals surface area contributed by atoms with Gasteiger partial charge in [0.2, 0.25) is 0 Å². The third-order valence-corrected chi connectivity index (χ3v) is 5.44. The lowest BCUT2D eigenvalue weighted by molar-refractivity contribution is -0.894. The molecule has 1 saturated carbocycles. The zero-order valence-electron chi connectivity index (χ0n) is 15.0. The van der Waals surface area contributed by atoms with Crippen LogP contribution in [0.4, 0.5) is 0 Å². The molecule has 0 aromatic rings. The number of hydrogen-bond donors (Lipinski definition) is 3. The van der Waals surface area contributed by atoms with Crippen LogP contribution in [0.5, 0.6) is 0 Å². The molecule has 1 aliphatic carbocycles. The van der Waals surface area contributed by atoms with Crippen molar-refractivity contribution in [3.63, 3.8) is 0 Å². The molecule has 0 amide bonds. The lowest BCUT2D eigenvalue weighted by atomic mass is 9.64. The van der Waals surface area contributed by atoms with Gasteiger partial charge in [0.1, 0.15) is 5.82 Å². The summed E-state index contributed by atoms with van der Waals surface area (Å²) in [5, 5.41) is 21.7. The lowest BCUT2D eigenvalue weighted by Crippen LogP contribution is -3.11. The highest BCUT2D eigenvalue weighted by Crippen LogP contribution is 2.50. The Morgan fingerprint density at radius 1 is 1.04 bits per heavy atom. The van der Waals surface area contributed by atoms with Crippen molar-refractivity contribution in [1.29, 1.82) is 10.5 Å². The van der Waals surface area contributed by atoms with Crippen LogP contribution in [0.25, 0.3) is 0 Å². The number of hydrogen-bond acceptors (Lipinski definition) is 5. The highest BCUT2D eigenvalue weighted by molar-refractivity contribution is 7.63. The van der Waals surface area contributed by atoms with Gasteiger partial charge in [0.25, 0.3) is 0 Å². The summed E-state index contributed by atoms with van der Waals surface area (Å²) in [5.74, 6) is 0.318. The van der Waals surface area contributed by atoms with Gasteiger partial charge in [0, 0.05) is 11.0 Å². The van der Waals surface area contributed by atoms with Crippen LogP contribution in [0.15, 0.2) is 22.0 Å². The second-order valence-electron chi connectivity index (χ2n) is 6.29. The molecule has 0 unspecified atom stereocenters. The van der Waals surface area contributed by atoms with E-state index in [1.165, 1.54) is 19.6 Å². The van der Waals surface area contributed by atoms with Gasteiger partial charge in [0.15, 0.2) is 0 Å². The quantitative estimate of drug-likeness (QED) is 0.672. The maximum Gasteiger partial charge on any atom is 0.114 e. The predicted octanol–water partition coefficient (Wildman–Crippen LogP) is 1.45. The van der Waals surface area contributed by atoms with Gasteiger partial charge in [-0.3, -0.25) is 0 Å². The first-order chi connectivity index (χ1) is 11.5. The van der Waals surface area contributed by atoms with Crippen LogP contribution in [0.2, 0.25) is 0 Å². The molecule has 0 atom stereocenters. The van der Waals surface area contributed by atoms with Crippen molar-refractivity contribution in [2.45, 2.75) is 52.9 Å². The SMILES string of the molecule is CC[NH+](CC)CC.N#CC1=C(N)NC([S-])=C(C#N)C12CCCCC2. The van der Waals surface area contributed by atoms with Gasteiger partial charge >= 0.3 is 0 Å². The fourth-order valence-corrected chi connectivity index (χ4v) is 3.93. The van der Waals surface area contributed by atoms with Crippen molar-refractivity contribution in [2.24, 2.45) is 11.1 Å². The Morgan fingerprint density at radius 3 is 1.92 bits per heavy atom. The first kappa shape index (κ1) is 20.3. The predicted molar refractivity (Wildman–Crippen MR) is 98.1 cm³/mol. The molecular weight excluding hydrogens is 318 g/mol. The zero-order chi connectivity index (χ0) is 18.2. The monoisotopic (exact) mass is 347 g/mol. The Bertz CT molecular complexity index is 526. The van der Waals surface area contributed by atoms with Crippen LogP contribution < -0.4 is 16.0 Å². The summed E-state index contributed by atoms with van der Waals surface area (Å²) in [6.07, 6.45) is 4.74. The van der Waals surface area contributed by atoms with Crippen LogP contribution in [0, 0.1) is 28.1 Å². The molecule has 4 N–H and O–H groups in total. The molecule has 1 fully saturated rings. The molecular formula is C18H29N5S. The normalized spacial score (nSPS) is 19.2. The zero-order valence-corrected chi connectivity index (χ0v) is 15.9. The van der Waals surface area contributed by atoms with E-state index in [1.54, 1.807) is 4.90 Å². The Balaban J connectivity index is 0.000000351. The van der Waals surface area contributed by atoms with Crippen molar-refractivity contribution in [3.8, 4) is 12.1 Å². The number of dihydropyridines is 1. The molecule has 2 rings (SSSR count). The highest BCUT2D eigenvalue weighted by atomic mass is 32.1. The molecule has 24 heavy (non-hydrogen) atoms. The smallest absolute Gasteiger partial charge is 0.114 e. The summed E-state index contributed by atoms with van der Waals surface area (Å²) in [4.78, 5) is 1.68. The van der Waals surface area contributed by atoms with E-state index < -0.39 is 5.41 Å². The maximum absolute atomic E-state index is 9.29. The molecule has 6 heteroatoms. The van der Waals surface area contributed by atoms with Gasteiger partial charge in [-0.15, -0.1) is 0 Å². The molecule has 0 saturated heterocycles. The summed E-state index contributed by atoms with van der Waals surface area (Å²) in [6.45, 7) is 10.5. The van der Waals surface area contributed by atoms with E-state index in [0.29, 0.717) is 22.0 Å². The van der Waals surface area contributed by atoms with Crippen LogP contribution in [-0.2, 0) is 12.6 Å². The fraction of sp³-hybridized carbons (Fsp3) is 0.667. The number of nitrogens with one attached hydrogen (secondary N) is 2. The van der Waals surface area contributed by atoms with Gasteiger partial charge in [-0.2, -0.15) is 10.5 Å². The number of nitrogens with two attached hydrogens (primary N) is 1. The summed E-state index contributed by atoms with van der Waals surface area (Å²) in [7, 11) is 0. The van der Waals surface area contributed by atoms with Gasteiger partial charge in [-0.05, 0) is 33.6 Å². The third-order valence-electron chi connectivity index (χ3n) is 5.13. The Kier molecular flexibility index (Phi) is 8.04. The second-order valence-corrected chi connectivity index (χ2v) is 6.70. The molecule has 132 valence electrons. The van der Waals surface area contributed by atoms with E-state index in [9.17, 15) is 10.5 Å². The highest BCUT2D eigenvalue weighted by Gasteiger charge is 2.43. The third kappa shape index (κ3) is 4.20. The number of nitrogens with zero attached hydrogens (tertiary/aromatic N) is 2. The Morgan fingerprint density at radius 2 is 1.54 bits per heavy atom. The Hall–Kier alpha value is -1.76. The summed E-state index contributed by atoms with van der Waals surface area (Å²) < 4.78 is 0. The number of allylic oxidation sites excluding steroid dienone is 2. The van der Waals surface area contributed by atoms with Crippen LogP contribution in [-0.4, -0.2) is 19.6 Å². The standard InChI is InChI=1S/C12H14N4S.C6H15N/c13-6-8-10(15)16-11(17)9(7-14)12(8)4-2-1-3-5-12;1-4-7(5-2)6-3/h16-17H,1-5,15H2;4-6H2,1-3H3. The van der Waals surface area contributed by atoms with E-state index >= 15 is 0 Å². The summed E-state index contributed by atoms with van der Waals surface area (Å²) >= 11 is 5.16. The first-order valence-electron chi connectivity index (χ1n) is 8.83. The summed E-state index contributed by atoms with van der Waals surface area (Å²) in [5.41, 5.74) is 6.32. The van der Waals surface area contributed by atoms with Crippen molar-refractivity contribution in [1.82, 2.24) is 5.32 Å².